The zero-order valence-corrected chi connectivity index (χ0v) is 15.3. The van der Waals surface area contributed by atoms with E-state index in [1.54, 1.807) is 24.3 Å². The number of nitrogens with zero attached hydrogens (tertiary/aromatic N) is 1. The minimum absolute atomic E-state index is 0.00423. The first-order valence-electron chi connectivity index (χ1n) is 7.79. The summed E-state index contributed by atoms with van der Waals surface area (Å²) in [5.41, 5.74) is 1.29. The van der Waals surface area contributed by atoms with E-state index in [2.05, 4.69) is 26.1 Å². The molecule has 2 aromatic carbocycles. The zero-order chi connectivity index (χ0) is 17.1. The number of anilines is 1. The van der Waals surface area contributed by atoms with Crippen LogP contribution in [0.1, 0.15) is 23.2 Å². The lowest BCUT2D eigenvalue weighted by atomic mass is 10.0. The van der Waals surface area contributed by atoms with Gasteiger partial charge in [-0.15, -0.1) is 0 Å². The summed E-state index contributed by atoms with van der Waals surface area (Å²) in [6.45, 7) is 1.51. The maximum atomic E-state index is 13.4. The largest absolute Gasteiger partial charge is 0.369 e. The van der Waals surface area contributed by atoms with Gasteiger partial charge < -0.3 is 10.2 Å². The smallest absolute Gasteiger partial charge is 0.253 e. The van der Waals surface area contributed by atoms with Gasteiger partial charge in [0.2, 0.25) is 0 Å². The summed E-state index contributed by atoms with van der Waals surface area (Å²) >= 11 is 9.47. The number of halogens is 3. The Kier molecular flexibility index (Phi) is 5.41. The Labute approximate surface area is 153 Å². The number of benzene rings is 2. The second-order valence-corrected chi connectivity index (χ2v) is 7.19. The van der Waals surface area contributed by atoms with Crippen LogP contribution in [-0.2, 0) is 0 Å². The van der Waals surface area contributed by atoms with Gasteiger partial charge in [-0.05, 0) is 49.2 Å². The summed E-state index contributed by atoms with van der Waals surface area (Å²) in [5, 5.41) is 3.46. The minimum Gasteiger partial charge on any atom is -0.369 e. The molecule has 24 heavy (non-hydrogen) atoms. The van der Waals surface area contributed by atoms with E-state index in [1.807, 2.05) is 6.07 Å². The highest BCUT2D eigenvalue weighted by Gasteiger charge is 2.23. The van der Waals surface area contributed by atoms with Crippen LogP contribution in [0.15, 0.2) is 46.9 Å². The van der Waals surface area contributed by atoms with Crippen molar-refractivity contribution in [2.75, 3.05) is 18.0 Å². The van der Waals surface area contributed by atoms with E-state index in [0.717, 1.165) is 29.5 Å². The van der Waals surface area contributed by atoms with Crippen LogP contribution in [0.3, 0.4) is 0 Å². The summed E-state index contributed by atoms with van der Waals surface area (Å²) in [4.78, 5) is 14.6. The molecular formula is C18H17BrClFN2O. The van der Waals surface area contributed by atoms with Crippen molar-refractivity contribution in [1.82, 2.24) is 5.32 Å². The van der Waals surface area contributed by atoms with Crippen molar-refractivity contribution in [1.29, 1.82) is 0 Å². The lowest BCUT2D eigenvalue weighted by Gasteiger charge is -2.34. The predicted octanol–water partition coefficient (Wildman–Crippen LogP) is 4.64. The normalized spacial score (nSPS) is 17.6. The van der Waals surface area contributed by atoms with Gasteiger partial charge >= 0.3 is 0 Å². The fourth-order valence-electron chi connectivity index (χ4n) is 2.94. The van der Waals surface area contributed by atoms with E-state index in [-0.39, 0.29) is 17.8 Å². The first-order chi connectivity index (χ1) is 11.5. The molecule has 2 aromatic rings. The van der Waals surface area contributed by atoms with Crippen LogP contribution in [-0.4, -0.2) is 25.0 Å². The van der Waals surface area contributed by atoms with E-state index < -0.39 is 0 Å². The van der Waals surface area contributed by atoms with E-state index in [4.69, 9.17) is 11.6 Å². The Morgan fingerprint density at radius 3 is 2.92 bits per heavy atom. The number of carbonyl (C=O) groups is 1. The Morgan fingerprint density at radius 2 is 2.12 bits per heavy atom. The van der Waals surface area contributed by atoms with Gasteiger partial charge in [-0.3, -0.25) is 4.79 Å². The van der Waals surface area contributed by atoms with E-state index in [9.17, 15) is 9.18 Å². The summed E-state index contributed by atoms with van der Waals surface area (Å²) < 4.78 is 14.2. The quantitative estimate of drug-likeness (QED) is 0.798. The molecule has 1 aliphatic heterocycles. The topological polar surface area (TPSA) is 32.3 Å². The fourth-order valence-corrected chi connectivity index (χ4v) is 3.50. The van der Waals surface area contributed by atoms with Crippen LogP contribution in [0.5, 0.6) is 0 Å². The molecule has 0 aliphatic carbocycles. The summed E-state index contributed by atoms with van der Waals surface area (Å²) in [7, 11) is 0. The second-order valence-electron chi connectivity index (χ2n) is 5.86. The average Bonchev–Trinajstić information content (AvgIpc) is 2.57. The molecule has 1 amide bonds. The third-order valence-electron chi connectivity index (χ3n) is 4.10. The fraction of sp³-hybridized carbons (Fsp3) is 0.278. The van der Waals surface area contributed by atoms with Crippen molar-refractivity contribution in [2.45, 2.75) is 18.9 Å². The number of hydrogen-bond acceptors (Lipinski definition) is 2. The maximum Gasteiger partial charge on any atom is 0.253 e. The van der Waals surface area contributed by atoms with Gasteiger partial charge in [-0.1, -0.05) is 33.6 Å². The molecule has 0 bridgehead atoms. The molecule has 126 valence electrons. The van der Waals surface area contributed by atoms with Crippen molar-refractivity contribution < 1.29 is 9.18 Å². The second kappa shape index (κ2) is 7.53. The van der Waals surface area contributed by atoms with Crippen molar-refractivity contribution in [3.63, 3.8) is 0 Å². The van der Waals surface area contributed by atoms with Gasteiger partial charge in [0.05, 0.1) is 10.6 Å². The first-order valence-corrected chi connectivity index (χ1v) is 8.96. The molecule has 6 heteroatoms. The highest BCUT2D eigenvalue weighted by atomic mass is 79.9. The highest BCUT2D eigenvalue weighted by Crippen LogP contribution is 2.23. The van der Waals surface area contributed by atoms with Crippen LogP contribution in [0.2, 0.25) is 5.02 Å². The lowest BCUT2D eigenvalue weighted by Crippen LogP contribution is -2.47. The Hall–Kier alpha value is -1.59. The Balaban J connectivity index is 1.69. The zero-order valence-electron chi connectivity index (χ0n) is 12.9. The molecule has 0 spiro atoms. The van der Waals surface area contributed by atoms with Gasteiger partial charge in [0.1, 0.15) is 5.82 Å². The first kappa shape index (κ1) is 17.2. The number of nitrogens with one attached hydrogen (secondary N) is 1. The summed E-state index contributed by atoms with van der Waals surface area (Å²) in [5.74, 6) is -0.438. The predicted molar refractivity (Wildman–Crippen MR) is 98.3 cm³/mol. The third kappa shape index (κ3) is 4.08. The molecule has 1 unspecified atom stereocenters. The lowest BCUT2D eigenvalue weighted by molar-refractivity contribution is 0.0933. The molecule has 1 N–H and O–H groups in total. The SMILES string of the molecule is O=C(NC1CCCN(c2cccc(F)c2)C1)c1cc(Br)ccc1Cl. The monoisotopic (exact) mass is 410 g/mol. The van der Waals surface area contributed by atoms with Crippen LogP contribution < -0.4 is 10.2 Å². The molecule has 1 atom stereocenters. The number of amides is 1. The van der Waals surface area contributed by atoms with E-state index in [0.29, 0.717) is 17.1 Å². The van der Waals surface area contributed by atoms with Crippen LogP contribution >= 0.6 is 27.5 Å². The molecule has 0 radical (unpaired) electrons. The van der Waals surface area contributed by atoms with Crippen molar-refractivity contribution in [3.05, 3.63) is 63.3 Å². The third-order valence-corrected chi connectivity index (χ3v) is 4.93. The summed E-state index contributed by atoms with van der Waals surface area (Å²) in [6, 6.07) is 11.8. The Bertz CT molecular complexity index is 756. The highest BCUT2D eigenvalue weighted by molar-refractivity contribution is 9.10. The number of carbonyl (C=O) groups excluding carboxylic acids is 1. The molecule has 3 nitrogen and oxygen atoms in total. The number of rotatable bonds is 3. The van der Waals surface area contributed by atoms with Crippen molar-refractivity contribution in [3.8, 4) is 0 Å². The van der Waals surface area contributed by atoms with Crippen molar-refractivity contribution >= 4 is 39.1 Å². The molecule has 0 saturated carbocycles. The van der Waals surface area contributed by atoms with Gasteiger partial charge in [0, 0.05) is 29.3 Å². The van der Waals surface area contributed by atoms with Gasteiger partial charge in [0.25, 0.3) is 5.91 Å². The van der Waals surface area contributed by atoms with Crippen LogP contribution in [0.4, 0.5) is 10.1 Å². The molecule has 3 rings (SSSR count). The van der Waals surface area contributed by atoms with E-state index >= 15 is 0 Å². The van der Waals surface area contributed by atoms with Gasteiger partial charge in [-0.25, -0.2) is 4.39 Å². The van der Waals surface area contributed by atoms with Gasteiger partial charge in [-0.2, -0.15) is 0 Å². The molecule has 1 heterocycles. The summed E-state index contributed by atoms with van der Waals surface area (Å²) in [6.07, 6.45) is 1.83. The molecule has 0 aromatic heterocycles. The van der Waals surface area contributed by atoms with Crippen molar-refractivity contribution in [2.24, 2.45) is 0 Å². The Morgan fingerprint density at radius 1 is 1.29 bits per heavy atom. The molecule has 1 saturated heterocycles. The molecule has 1 aliphatic rings. The van der Waals surface area contributed by atoms with Crippen LogP contribution in [0, 0.1) is 5.82 Å². The van der Waals surface area contributed by atoms with E-state index in [1.165, 1.54) is 12.1 Å². The minimum atomic E-state index is -0.250. The molecular weight excluding hydrogens is 395 g/mol. The number of piperidine rings is 1. The van der Waals surface area contributed by atoms with Crippen LogP contribution in [0.25, 0.3) is 0 Å². The molecule has 1 fully saturated rings. The average molecular weight is 412 g/mol. The standard InChI is InChI=1S/C18H17BrClFN2O/c19-12-6-7-17(20)16(9-12)18(24)22-14-4-2-8-23(11-14)15-5-1-3-13(21)10-15/h1,3,5-7,9-10,14H,2,4,8,11H2,(H,22,24). The maximum absolute atomic E-state index is 13.4. The van der Waals surface area contributed by atoms with Gasteiger partial charge in [0.15, 0.2) is 0 Å². The number of hydrogen-bond donors (Lipinski definition) is 1.